The number of benzene rings is 3. The summed E-state index contributed by atoms with van der Waals surface area (Å²) in [7, 11) is -7.38. The number of hydrogen-bond acceptors (Lipinski definition) is 9. The van der Waals surface area contributed by atoms with Crippen molar-refractivity contribution in [1.82, 2.24) is 9.38 Å². The van der Waals surface area contributed by atoms with E-state index in [1.165, 1.54) is 24.3 Å². The Morgan fingerprint density at radius 3 is 1.96 bits per heavy atom. The van der Waals surface area contributed by atoms with Gasteiger partial charge in [0.2, 0.25) is 0 Å². The molecule has 5 N–H and O–H groups in total. The van der Waals surface area contributed by atoms with Gasteiger partial charge in [0.15, 0.2) is 5.65 Å². The number of rotatable bonds is 5. The SMILES string of the molecule is COCCO.Cc1nc2c3c(ccn2c1C)CC(O)[C@@H](c1ccccc1)N3.O=S(=O)(O)c1cccc2c(S(=O)(=O)O)cccc12. The molecule has 5 aromatic rings. The summed E-state index contributed by atoms with van der Waals surface area (Å²) in [6.07, 6.45) is 2.25. The number of ether oxygens (including phenoxy) is 1. The van der Waals surface area contributed by atoms with E-state index >= 15 is 0 Å². The molecule has 0 bridgehead atoms. The van der Waals surface area contributed by atoms with Crippen molar-refractivity contribution in [3.63, 3.8) is 0 Å². The van der Waals surface area contributed by atoms with Gasteiger partial charge in [0.25, 0.3) is 20.2 Å². The predicted octanol–water partition coefficient (Wildman–Crippen LogP) is 3.98. The average molecular weight is 658 g/mol. The summed E-state index contributed by atoms with van der Waals surface area (Å²) in [5.74, 6) is 0. The molecule has 2 atom stereocenters. The van der Waals surface area contributed by atoms with Crippen LogP contribution < -0.4 is 5.32 Å². The fourth-order valence-electron chi connectivity index (χ4n) is 5.06. The highest BCUT2D eigenvalue weighted by Gasteiger charge is 2.29. The number of imidazole rings is 1. The number of nitrogens with one attached hydrogen (secondary N) is 1. The monoisotopic (exact) mass is 657 g/mol. The number of fused-ring (bicyclic) bond motifs is 4. The third-order valence-electron chi connectivity index (χ3n) is 7.32. The van der Waals surface area contributed by atoms with E-state index < -0.39 is 36.1 Å². The standard InChI is InChI=1S/C18H19N3O.C10H8O6S2.C3H8O2/c1-11-12(2)21-9-8-14-10-15(22)16(13-6-4-3-5-7-13)20-17(14)18(21)19-11;11-17(12,13)9-5-1-3-7-8(9)4-2-6-10(7)18(14,15)16;1-5-3-2-4/h3-9,15-16,20,22H,10H2,1-2H3;1-6H,(H,11,12,13)(H,14,15,16);4H,2-3H2,1H3/t15?,16-;;/m1../s1. The highest BCUT2D eigenvalue weighted by Crippen LogP contribution is 2.36. The first kappa shape index (κ1) is 34.0. The molecule has 0 spiro atoms. The minimum Gasteiger partial charge on any atom is -0.394 e. The van der Waals surface area contributed by atoms with Gasteiger partial charge in [-0.15, -0.1) is 0 Å². The maximum atomic E-state index is 11.2. The number of pyridine rings is 1. The second-order valence-corrected chi connectivity index (χ2v) is 13.1. The average Bonchev–Trinajstić information content (AvgIpc) is 3.29. The molecule has 14 heteroatoms. The van der Waals surface area contributed by atoms with Crippen LogP contribution in [0, 0.1) is 13.8 Å². The summed E-state index contributed by atoms with van der Waals surface area (Å²) in [6.45, 7) is 4.67. The van der Waals surface area contributed by atoms with Gasteiger partial charge in [-0.1, -0.05) is 54.6 Å². The molecule has 240 valence electrons. The summed E-state index contributed by atoms with van der Waals surface area (Å²) in [4.78, 5) is 3.87. The van der Waals surface area contributed by atoms with E-state index in [1.807, 2.05) is 43.5 Å². The minimum absolute atomic E-state index is 0.0233. The second-order valence-electron chi connectivity index (χ2n) is 10.3. The molecule has 0 saturated heterocycles. The number of aliphatic hydroxyl groups is 2. The van der Waals surface area contributed by atoms with Crippen LogP contribution in [0.4, 0.5) is 5.69 Å². The van der Waals surface area contributed by atoms with Crippen molar-refractivity contribution in [3.05, 3.63) is 102 Å². The molecule has 0 aliphatic carbocycles. The van der Waals surface area contributed by atoms with Crippen LogP contribution in [0.1, 0.15) is 28.6 Å². The van der Waals surface area contributed by atoms with E-state index in [-0.39, 0.29) is 23.4 Å². The lowest BCUT2D eigenvalue weighted by atomic mass is 9.91. The molecule has 1 aliphatic rings. The van der Waals surface area contributed by atoms with Crippen molar-refractivity contribution in [3.8, 4) is 0 Å². The summed E-state index contributed by atoms with van der Waals surface area (Å²) >= 11 is 0. The zero-order valence-corrected chi connectivity index (χ0v) is 26.5. The highest BCUT2D eigenvalue weighted by molar-refractivity contribution is 7.86. The van der Waals surface area contributed by atoms with E-state index in [0.717, 1.165) is 46.0 Å². The highest BCUT2D eigenvalue weighted by atomic mass is 32.2. The molecule has 0 saturated carbocycles. The first-order chi connectivity index (χ1) is 21.3. The summed E-state index contributed by atoms with van der Waals surface area (Å²) < 4.78 is 69.2. The lowest BCUT2D eigenvalue weighted by Gasteiger charge is -2.32. The van der Waals surface area contributed by atoms with Crippen LogP contribution in [0.5, 0.6) is 0 Å². The van der Waals surface area contributed by atoms with Crippen molar-refractivity contribution in [1.29, 1.82) is 0 Å². The van der Waals surface area contributed by atoms with Crippen molar-refractivity contribution in [2.45, 2.75) is 42.2 Å². The lowest BCUT2D eigenvalue weighted by Crippen LogP contribution is -2.32. The number of nitrogens with zero attached hydrogens (tertiary/aromatic N) is 2. The topological polar surface area (TPSA) is 188 Å². The molecule has 45 heavy (non-hydrogen) atoms. The maximum absolute atomic E-state index is 11.2. The number of methoxy groups -OCH3 is 1. The molecule has 12 nitrogen and oxygen atoms in total. The maximum Gasteiger partial charge on any atom is 0.295 e. The van der Waals surface area contributed by atoms with Crippen LogP contribution >= 0.6 is 0 Å². The Morgan fingerprint density at radius 2 is 1.47 bits per heavy atom. The van der Waals surface area contributed by atoms with Crippen LogP contribution in [0.2, 0.25) is 0 Å². The summed E-state index contributed by atoms with van der Waals surface area (Å²) in [6, 6.07) is 19.6. The molecule has 0 amide bonds. The van der Waals surface area contributed by atoms with Gasteiger partial charge in [-0.3, -0.25) is 9.11 Å². The van der Waals surface area contributed by atoms with E-state index in [0.29, 0.717) is 13.0 Å². The van der Waals surface area contributed by atoms with E-state index in [1.54, 1.807) is 7.11 Å². The van der Waals surface area contributed by atoms with Crippen LogP contribution in [-0.2, 0) is 31.4 Å². The molecule has 1 unspecified atom stereocenters. The largest absolute Gasteiger partial charge is 0.394 e. The van der Waals surface area contributed by atoms with Crippen molar-refractivity contribution in [2.24, 2.45) is 0 Å². The Labute approximate surface area is 261 Å². The molecular formula is C31H35N3O9S2. The third-order valence-corrected chi connectivity index (χ3v) is 9.15. The fraction of sp³-hybridized carbons (Fsp3) is 0.258. The van der Waals surface area contributed by atoms with Crippen molar-refractivity contribution >= 4 is 42.3 Å². The number of aliphatic hydroxyl groups excluding tert-OH is 2. The lowest BCUT2D eigenvalue weighted by molar-refractivity contribution is 0.135. The second kappa shape index (κ2) is 14.0. The van der Waals surface area contributed by atoms with Gasteiger partial charge in [0, 0.05) is 36.2 Å². The van der Waals surface area contributed by atoms with Gasteiger partial charge in [-0.05, 0) is 43.2 Å². The quantitative estimate of drug-likeness (QED) is 0.172. The number of aryl methyl sites for hydroxylation is 2. The van der Waals surface area contributed by atoms with Crippen molar-refractivity contribution in [2.75, 3.05) is 25.6 Å². The number of aromatic nitrogens is 2. The van der Waals surface area contributed by atoms with Gasteiger partial charge in [-0.25, -0.2) is 4.98 Å². The van der Waals surface area contributed by atoms with Crippen LogP contribution in [0.3, 0.4) is 0 Å². The predicted molar refractivity (Wildman–Crippen MR) is 170 cm³/mol. The zero-order chi connectivity index (χ0) is 32.9. The Balaban J connectivity index is 0.000000182. The normalized spacial score (nSPS) is 16.2. The van der Waals surface area contributed by atoms with Gasteiger partial charge < -0.3 is 24.7 Å². The molecular weight excluding hydrogens is 622 g/mol. The van der Waals surface area contributed by atoms with Crippen LogP contribution in [-0.4, -0.2) is 72.0 Å². The molecule has 0 fully saturated rings. The van der Waals surface area contributed by atoms with E-state index in [4.69, 9.17) is 19.2 Å². The van der Waals surface area contributed by atoms with Crippen LogP contribution in [0.25, 0.3) is 16.4 Å². The van der Waals surface area contributed by atoms with Gasteiger partial charge in [-0.2, -0.15) is 16.8 Å². The smallest absolute Gasteiger partial charge is 0.295 e. The number of anilines is 1. The molecule has 3 heterocycles. The molecule has 2 aromatic heterocycles. The molecule has 0 radical (unpaired) electrons. The first-order valence-corrected chi connectivity index (χ1v) is 16.7. The van der Waals surface area contributed by atoms with Crippen LogP contribution in [0.15, 0.2) is 88.8 Å². The Hall–Kier alpha value is -3.89. The number of hydrogen-bond donors (Lipinski definition) is 5. The first-order valence-electron chi connectivity index (χ1n) is 13.8. The van der Waals surface area contributed by atoms with E-state index in [2.05, 4.69) is 27.4 Å². The van der Waals surface area contributed by atoms with E-state index in [9.17, 15) is 21.9 Å². The minimum atomic E-state index is -4.47. The molecule has 1 aliphatic heterocycles. The van der Waals surface area contributed by atoms with Gasteiger partial charge in [0.1, 0.15) is 9.79 Å². The zero-order valence-electron chi connectivity index (χ0n) is 24.8. The molecule has 3 aromatic carbocycles. The Morgan fingerprint density at radius 1 is 0.889 bits per heavy atom. The summed E-state index contributed by atoms with van der Waals surface area (Å²) in [5.41, 5.74) is 6.40. The van der Waals surface area contributed by atoms with Gasteiger partial charge >= 0.3 is 0 Å². The molecule has 6 rings (SSSR count). The fourth-order valence-corrected chi connectivity index (χ4v) is 6.47. The Kier molecular flexibility index (Phi) is 10.6. The third kappa shape index (κ3) is 7.68. The van der Waals surface area contributed by atoms with Gasteiger partial charge in [0.05, 0.1) is 36.7 Å². The van der Waals surface area contributed by atoms with Crippen molar-refractivity contribution < 1.29 is 40.9 Å². The summed E-state index contributed by atoms with van der Waals surface area (Å²) in [5, 5.41) is 22.0. The Bertz CT molecular complexity index is 1940.